The quantitative estimate of drug-likeness (QED) is 0.793. The van der Waals surface area contributed by atoms with E-state index in [-0.39, 0.29) is 32.0 Å². The van der Waals surface area contributed by atoms with Crippen LogP contribution in [0.2, 0.25) is 0 Å². The molecule has 0 saturated carbocycles. The number of rotatable bonds is 5. The van der Waals surface area contributed by atoms with Crippen LogP contribution in [-0.4, -0.2) is 46.7 Å². The summed E-state index contributed by atoms with van der Waals surface area (Å²) >= 11 is 0. The van der Waals surface area contributed by atoms with E-state index in [9.17, 15) is 19.5 Å². The van der Waals surface area contributed by atoms with Crippen LogP contribution >= 0.6 is 0 Å². The van der Waals surface area contributed by atoms with Crippen molar-refractivity contribution < 1.29 is 29.0 Å². The normalized spacial score (nSPS) is 20.0. The van der Waals surface area contributed by atoms with Gasteiger partial charge in [0.25, 0.3) is 0 Å². The number of hydrogen-bond acceptors (Lipinski definition) is 5. The third-order valence-electron chi connectivity index (χ3n) is 4.24. The molecule has 1 aliphatic heterocycles. The Morgan fingerprint density at radius 2 is 1.81 bits per heavy atom. The highest BCUT2D eigenvalue weighted by molar-refractivity contribution is 5.74. The van der Waals surface area contributed by atoms with Gasteiger partial charge in [0.2, 0.25) is 0 Å². The molecule has 0 bridgehead atoms. The minimum Gasteiger partial charge on any atom is -0.481 e. The Morgan fingerprint density at radius 3 is 2.41 bits per heavy atom. The molecule has 1 fully saturated rings. The summed E-state index contributed by atoms with van der Waals surface area (Å²) in [4.78, 5) is 37.3. The Bertz CT molecular complexity index is 667. The predicted molar refractivity (Wildman–Crippen MR) is 97.9 cm³/mol. The van der Waals surface area contributed by atoms with E-state index in [1.165, 1.54) is 4.90 Å². The first-order valence-electron chi connectivity index (χ1n) is 9.04. The van der Waals surface area contributed by atoms with Crippen molar-refractivity contribution in [2.24, 2.45) is 11.8 Å². The van der Waals surface area contributed by atoms with Crippen molar-refractivity contribution in [2.45, 2.75) is 45.8 Å². The molecule has 0 spiro atoms. The third kappa shape index (κ3) is 6.92. The molecule has 0 unspecified atom stereocenters. The number of carbonyl (C=O) groups excluding carboxylic acids is 2. The average Bonchev–Trinajstić information content (AvgIpc) is 2.59. The molecule has 148 valence electrons. The van der Waals surface area contributed by atoms with Gasteiger partial charge in [-0.2, -0.15) is 0 Å². The smallest absolute Gasteiger partial charge is 0.410 e. The lowest BCUT2D eigenvalue weighted by Gasteiger charge is -2.36. The second-order valence-corrected chi connectivity index (χ2v) is 7.87. The Morgan fingerprint density at radius 1 is 1.15 bits per heavy atom. The number of hydrogen-bond donors (Lipinski definition) is 1. The van der Waals surface area contributed by atoms with Gasteiger partial charge in [0.1, 0.15) is 12.2 Å². The van der Waals surface area contributed by atoms with E-state index >= 15 is 0 Å². The van der Waals surface area contributed by atoms with Crippen molar-refractivity contribution in [1.82, 2.24) is 4.90 Å². The van der Waals surface area contributed by atoms with Crippen molar-refractivity contribution in [3.63, 3.8) is 0 Å². The number of carboxylic acid groups (broad SMARTS) is 1. The summed E-state index contributed by atoms with van der Waals surface area (Å²) < 4.78 is 10.6. The van der Waals surface area contributed by atoms with Crippen LogP contribution < -0.4 is 0 Å². The van der Waals surface area contributed by atoms with Crippen LogP contribution in [0, 0.1) is 11.8 Å². The lowest BCUT2D eigenvalue weighted by Crippen LogP contribution is -2.48. The molecule has 1 aromatic carbocycles. The first kappa shape index (κ1) is 20.7. The van der Waals surface area contributed by atoms with Crippen molar-refractivity contribution in [3.05, 3.63) is 35.9 Å². The van der Waals surface area contributed by atoms with Crippen LogP contribution in [0.4, 0.5) is 4.79 Å². The van der Waals surface area contributed by atoms with Crippen molar-refractivity contribution in [3.8, 4) is 0 Å². The molecule has 7 nitrogen and oxygen atoms in total. The van der Waals surface area contributed by atoms with Crippen LogP contribution in [0.5, 0.6) is 0 Å². The van der Waals surface area contributed by atoms with E-state index in [1.807, 2.05) is 30.3 Å². The van der Waals surface area contributed by atoms with Gasteiger partial charge in [-0.05, 0) is 38.7 Å². The van der Waals surface area contributed by atoms with Gasteiger partial charge >= 0.3 is 18.0 Å². The van der Waals surface area contributed by atoms with Crippen LogP contribution in [-0.2, 0) is 25.7 Å². The second kappa shape index (κ2) is 8.88. The van der Waals surface area contributed by atoms with Crippen LogP contribution in [0.3, 0.4) is 0 Å². The highest BCUT2D eigenvalue weighted by atomic mass is 16.6. The van der Waals surface area contributed by atoms with E-state index in [0.29, 0.717) is 6.42 Å². The summed E-state index contributed by atoms with van der Waals surface area (Å²) in [5.74, 6) is -2.39. The zero-order chi connectivity index (χ0) is 20.0. The van der Waals surface area contributed by atoms with Gasteiger partial charge < -0.3 is 19.5 Å². The van der Waals surface area contributed by atoms with E-state index in [4.69, 9.17) is 9.47 Å². The second-order valence-electron chi connectivity index (χ2n) is 7.87. The van der Waals surface area contributed by atoms with E-state index in [2.05, 4.69) is 0 Å². The maximum Gasteiger partial charge on any atom is 0.410 e. The highest BCUT2D eigenvalue weighted by Crippen LogP contribution is 2.26. The maximum absolute atomic E-state index is 12.3. The number of ether oxygens (including phenoxy) is 2. The predicted octanol–water partition coefficient (Wildman–Crippen LogP) is 3.08. The fourth-order valence-corrected chi connectivity index (χ4v) is 3.04. The van der Waals surface area contributed by atoms with Gasteiger partial charge in [-0.1, -0.05) is 30.3 Å². The number of carboxylic acids is 1. The van der Waals surface area contributed by atoms with Crippen molar-refractivity contribution >= 4 is 18.0 Å². The number of nitrogens with zero attached hydrogens (tertiary/aromatic N) is 1. The highest BCUT2D eigenvalue weighted by Gasteiger charge is 2.36. The van der Waals surface area contributed by atoms with Crippen molar-refractivity contribution in [1.29, 1.82) is 0 Å². The molecule has 27 heavy (non-hydrogen) atoms. The van der Waals surface area contributed by atoms with Gasteiger partial charge in [-0.15, -0.1) is 0 Å². The zero-order valence-electron chi connectivity index (χ0n) is 16.0. The summed E-state index contributed by atoms with van der Waals surface area (Å²) in [5, 5.41) is 9.38. The molecular formula is C20H27NO6. The number of benzene rings is 1. The standard InChI is InChI=1S/C20H27NO6/c1-20(2,3)27-19(25)21-11-15(9-16(12-21)18(23)24)10-17(22)26-13-14-7-5-4-6-8-14/h4-8,15-16H,9-13H2,1-3H3,(H,23,24)/t15-,16-/m0/s1. The summed E-state index contributed by atoms with van der Waals surface area (Å²) in [6, 6.07) is 9.32. The van der Waals surface area contributed by atoms with Crippen LogP contribution in [0.25, 0.3) is 0 Å². The van der Waals surface area contributed by atoms with Gasteiger partial charge in [-0.25, -0.2) is 4.79 Å². The lowest BCUT2D eigenvalue weighted by molar-refractivity contribution is -0.149. The first-order chi connectivity index (χ1) is 12.6. The van der Waals surface area contributed by atoms with Crippen LogP contribution in [0.15, 0.2) is 30.3 Å². The largest absolute Gasteiger partial charge is 0.481 e. The summed E-state index contributed by atoms with van der Waals surface area (Å²) in [7, 11) is 0. The molecule has 1 aromatic rings. The van der Waals surface area contributed by atoms with E-state index in [1.54, 1.807) is 20.8 Å². The molecule has 1 saturated heterocycles. The number of carbonyl (C=O) groups is 3. The molecule has 2 rings (SSSR count). The Kier molecular flexibility index (Phi) is 6.82. The zero-order valence-corrected chi connectivity index (χ0v) is 16.0. The molecule has 1 amide bonds. The molecule has 0 aromatic heterocycles. The first-order valence-corrected chi connectivity index (χ1v) is 9.04. The fraction of sp³-hybridized carbons (Fsp3) is 0.550. The molecule has 0 radical (unpaired) electrons. The summed E-state index contributed by atoms with van der Waals surface area (Å²) in [6.07, 6.45) is -0.165. The molecule has 7 heteroatoms. The average molecular weight is 377 g/mol. The molecule has 2 atom stereocenters. The van der Waals surface area contributed by atoms with E-state index in [0.717, 1.165) is 5.56 Å². The topological polar surface area (TPSA) is 93.1 Å². The molecule has 1 aliphatic rings. The number of piperidine rings is 1. The monoisotopic (exact) mass is 377 g/mol. The molecular weight excluding hydrogens is 350 g/mol. The molecule has 1 N–H and O–H groups in total. The Hall–Kier alpha value is -2.57. The van der Waals surface area contributed by atoms with E-state index < -0.39 is 29.6 Å². The van der Waals surface area contributed by atoms with Gasteiger partial charge in [0.15, 0.2) is 0 Å². The van der Waals surface area contributed by atoms with Gasteiger partial charge in [-0.3, -0.25) is 9.59 Å². The van der Waals surface area contributed by atoms with Crippen molar-refractivity contribution in [2.75, 3.05) is 13.1 Å². The van der Waals surface area contributed by atoms with Gasteiger partial charge in [0, 0.05) is 13.1 Å². The number of aliphatic carboxylic acids is 1. The number of likely N-dealkylation sites (tertiary alicyclic amines) is 1. The van der Waals surface area contributed by atoms with Gasteiger partial charge in [0.05, 0.1) is 12.3 Å². The maximum atomic E-state index is 12.3. The Balaban J connectivity index is 1.94. The lowest BCUT2D eigenvalue weighted by atomic mass is 9.87. The fourth-order valence-electron chi connectivity index (χ4n) is 3.04. The summed E-state index contributed by atoms with van der Waals surface area (Å²) in [5.41, 5.74) is 0.213. The SMILES string of the molecule is CC(C)(C)OC(=O)N1C[C@H](CC(=O)OCc2ccccc2)C[C@H](C(=O)O)C1. The Labute approximate surface area is 159 Å². The molecule has 0 aliphatic carbocycles. The third-order valence-corrected chi connectivity index (χ3v) is 4.24. The minimum absolute atomic E-state index is 0.0654. The minimum atomic E-state index is -0.981. The van der Waals surface area contributed by atoms with Crippen LogP contribution in [0.1, 0.15) is 39.2 Å². The number of amides is 1. The molecule has 1 heterocycles. The summed E-state index contributed by atoms with van der Waals surface area (Å²) in [6.45, 7) is 5.79. The number of esters is 1.